The van der Waals surface area contributed by atoms with E-state index >= 15 is 0 Å². The minimum atomic E-state index is -1.86. The molecule has 0 bridgehead atoms. The molecule has 2 N–H and O–H groups in total. The predicted molar refractivity (Wildman–Crippen MR) is 112 cm³/mol. The van der Waals surface area contributed by atoms with Crippen molar-refractivity contribution in [3.05, 3.63) is 50.8 Å². The smallest absolute Gasteiger partial charge is 0.343 e. The number of esters is 1. The number of aliphatic hydroxyl groups is 1. The van der Waals surface area contributed by atoms with Crippen molar-refractivity contribution in [1.82, 2.24) is 9.55 Å². The molecule has 0 radical (unpaired) electrons. The molecule has 3 aromatic rings. The zero-order chi connectivity index (χ0) is 22.1. The Kier molecular flexibility index (Phi) is 4.14. The number of cyclic esters (lactones) is 1. The average Bonchev–Trinajstić information content (AvgIpc) is 3.13. The third-order valence-electron chi connectivity index (χ3n) is 6.43. The molecule has 0 amide bonds. The van der Waals surface area contributed by atoms with E-state index in [1.165, 1.54) is 7.11 Å². The van der Waals surface area contributed by atoms with Gasteiger partial charge in [0.2, 0.25) is 0 Å². The number of ether oxygens (including phenoxy) is 2. The Morgan fingerprint density at radius 1 is 1.23 bits per heavy atom. The highest BCUT2D eigenvalue weighted by Gasteiger charge is 2.45. The molecule has 0 spiro atoms. The lowest BCUT2D eigenvalue weighted by atomic mass is 9.86. The van der Waals surface area contributed by atoms with Crippen LogP contribution in [0.4, 0.5) is 0 Å². The number of benzene rings is 1. The van der Waals surface area contributed by atoms with Crippen molar-refractivity contribution in [2.75, 3.05) is 7.11 Å². The molecule has 1 atom stereocenters. The van der Waals surface area contributed by atoms with Gasteiger partial charge in [-0.1, -0.05) is 13.8 Å². The standard InChI is InChI=1S/C23H22N2O6/c1-4-12-13-9-25-17(20(13)24-16-6-11(26)7-18(30-3)19(12)16)8-15-14(21(25)27)10-31-22(28)23(15,29)5-2/h6-8,26,29H,4-5,9-10H2,1-3H3/t23-/m0/s1. The molecule has 8 heteroatoms. The first-order valence-electron chi connectivity index (χ1n) is 10.2. The first-order chi connectivity index (χ1) is 14.8. The van der Waals surface area contributed by atoms with E-state index in [4.69, 9.17) is 14.5 Å². The molecule has 0 saturated heterocycles. The van der Waals surface area contributed by atoms with Gasteiger partial charge in [-0.15, -0.1) is 0 Å². The van der Waals surface area contributed by atoms with E-state index in [1.807, 2.05) is 6.92 Å². The third-order valence-corrected chi connectivity index (χ3v) is 6.43. The molecule has 0 saturated carbocycles. The number of methoxy groups -OCH3 is 1. The van der Waals surface area contributed by atoms with Gasteiger partial charge in [0.1, 0.15) is 18.1 Å². The van der Waals surface area contributed by atoms with Crippen molar-refractivity contribution < 1.29 is 24.5 Å². The summed E-state index contributed by atoms with van der Waals surface area (Å²) in [7, 11) is 1.54. The third kappa shape index (κ3) is 2.48. The fourth-order valence-electron chi connectivity index (χ4n) is 4.80. The normalized spacial score (nSPS) is 19.0. The molecule has 2 aliphatic rings. The topological polar surface area (TPSA) is 111 Å². The number of aryl methyl sites for hydroxylation is 1. The number of hydrogen-bond acceptors (Lipinski definition) is 7. The molecular weight excluding hydrogens is 400 g/mol. The summed E-state index contributed by atoms with van der Waals surface area (Å²) in [4.78, 5) is 30.4. The van der Waals surface area contributed by atoms with E-state index in [-0.39, 0.29) is 29.9 Å². The Bertz CT molecular complexity index is 1340. The second-order valence-electron chi connectivity index (χ2n) is 7.92. The molecule has 0 unspecified atom stereocenters. The van der Waals surface area contributed by atoms with Gasteiger partial charge >= 0.3 is 5.97 Å². The number of nitrogens with zero attached hydrogens (tertiary/aromatic N) is 2. The quantitative estimate of drug-likeness (QED) is 0.488. The van der Waals surface area contributed by atoms with E-state index in [0.29, 0.717) is 41.2 Å². The zero-order valence-electron chi connectivity index (χ0n) is 17.5. The maximum atomic E-state index is 13.3. The Morgan fingerprint density at radius 2 is 2.00 bits per heavy atom. The number of rotatable bonds is 3. The first-order valence-corrected chi connectivity index (χ1v) is 10.2. The van der Waals surface area contributed by atoms with Crippen molar-refractivity contribution in [1.29, 1.82) is 0 Å². The van der Waals surface area contributed by atoms with Crippen molar-refractivity contribution in [3.63, 3.8) is 0 Å². The lowest BCUT2D eigenvalue weighted by molar-refractivity contribution is -0.172. The van der Waals surface area contributed by atoms with Crippen LogP contribution < -0.4 is 10.3 Å². The van der Waals surface area contributed by atoms with Crippen molar-refractivity contribution in [2.45, 2.75) is 45.4 Å². The summed E-state index contributed by atoms with van der Waals surface area (Å²) < 4.78 is 12.2. The number of fused-ring (bicyclic) bond motifs is 5. The lowest BCUT2D eigenvalue weighted by Gasteiger charge is -2.31. The zero-order valence-corrected chi connectivity index (χ0v) is 17.5. The molecular formula is C23H22N2O6. The first kappa shape index (κ1) is 19.6. The Balaban J connectivity index is 1.85. The van der Waals surface area contributed by atoms with Gasteiger partial charge in [0.25, 0.3) is 5.56 Å². The summed E-state index contributed by atoms with van der Waals surface area (Å²) >= 11 is 0. The Hall–Kier alpha value is -3.39. The molecule has 0 aliphatic carbocycles. The van der Waals surface area contributed by atoms with Crippen molar-refractivity contribution in [3.8, 4) is 22.9 Å². The largest absolute Gasteiger partial charge is 0.508 e. The summed E-state index contributed by atoms with van der Waals surface area (Å²) in [5, 5.41) is 21.9. The minimum Gasteiger partial charge on any atom is -0.508 e. The van der Waals surface area contributed by atoms with Gasteiger partial charge in [-0.25, -0.2) is 9.78 Å². The van der Waals surface area contributed by atoms with Gasteiger partial charge < -0.3 is 24.3 Å². The van der Waals surface area contributed by atoms with Crippen molar-refractivity contribution in [2.24, 2.45) is 0 Å². The van der Waals surface area contributed by atoms with Crippen LogP contribution in [0.2, 0.25) is 0 Å². The van der Waals surface area contributed by atoms with Gasteiger partial charge in [-0.05, 0) is 24.5 Å². The van der Waals surface area contributed by atoms with E-state index < -0.39 is 11.6 Å². The van der Waals surface area contributed by atoms with Crippen LogP contribution in [0.1, 0.15) is 42.5 Å². The van der Waals surface area contributed by atoms with Crippen molar-refractivity contribution >= 4 is 16.9 Å². The number of aromatic nitrogens is 2. The molecule has 160 valence electrons. The molecule has 31 heavy (non-hydrogen) atoms. The number of carbonyl (C=O) groups is 1. The highest BCUT2D eigenvalue weighted by Crippen LogP contribution is 2.42. The number of hydrogen-bond donors (Lipinski definition) is 2. The van der Waals surface area contributed by atoms with E-state index in [2.05, 4.69) is 0 Å². The fraction of sp³-hybridized carbons (Fsp3) is 0.348. The summed E-state index contributed by atoms with van der Waals surface area (Å²) in [6.45, 7) is 3.85. The maximum Gasteiger partial charge on any atom is 0.343 e. The van der Waals surface area contributed by atoms with Crippen LogP contribution in [0.3, 0.4) is 0 Å². The van der Waals surface area contributed by atoms with E-state index in [9.17, 15) is 19.8 Å². The second-order valence-corrected chi connectivity index (χ2v) is 7.92. The summed E-state index contributed by atoms with van der Waals surface area (Å²) in [5.41, 5.74) is 1.98. The summed E-state index contributed by atoms with van der Waals surface area (Å²) in [6, 6.07) is 4.80. The maximum absolute atomic E-state index is 13.3. The van der Waals surface area contributed by atoms with Gasteiger partial charge in [-0.3, -0.25) is 4.79 Å². The summed E-state index contributed by atoms with van der Waals surface area (Å²) in [5.74, 6) is -0.202. The molecule has 2 aliphatic heterocycles. The van der Waals surface area contributed by atoms with Crippen LogP contribution >= 0.6 is 0 Å². The van der Waals surface area contributed by atoms with Crippen LogP contribution in [0, 0.1) is 0 Å². The van der Waals surface area contributed by atoms with Gasteiger partial charge in [0, 0.05) is 28.6 Å². The van der Waals surface area contributed by atoms with Gasteiger partial charge in [-0.2, -0.15) is 0 Å². The van der Waals surface area contributed by atoms with Crippen LogP contribution in [-0.2, 0) is 34.7 Å². The van der Waals surface area contributed by atoms with Crippen LogP contribution in [0.15, 0.2) is 23.0 Å². The molecule has 8 nitrogen and oxygen atoms in total. The molecule has 2 aromatic heterocycles. The summed E-state index contributed by atoms with van der Waals surface area (Å²) in [6.07, 6.45) is 0.760. The molecule has 0 fully saturated rings. The average molecular weight is 422 g/mol. The van der Waals surface area contributed by atoms with Crippen LogP contribution in [-0.4, -0.2) is 32.8 Å². The minimum absolute atomic E-state index is 0.0304. The SMILES string of the molecule is CCc1c2c(nc3cc(O)cc(OC)c13)-c1cc3c(c(=O)n1C2)COC(=O)[C@]3(O)CC. The number of aromatic hydroxyl groups is 1. The Morgan fingerprint density at radius 3 is 2.68 bits per heavy atom. The van der Waals surface area contributed by atoms with Crippen LogP contribution in [0.25, 0.3) is 22.3 Å². The van der Waals surface area contributed by atoms with Crippen LogP contribution in [0.5, 0.6) is 11.5 Å². The number of phenolic OH excluding ortho intramolecular Hbond substituents is 1. The monoisotopic (exact) mass is 422 g/mol. The number of carbonyl (C=O) groups excluding carboxylic acids is 1. The molecule has 5 rings (SSSR count). The van der Waals surface area contributed by atoms with E-state index in [0.717, 1.165) is 16.5 Å². The Labute approximate surface area is 177 Å². The molecule has 4 heterocycles. The molecule has 1 aromatic carbocycles. The van der Waals surface area contributed by atoms with E-state index in [1.54, 1.807) is 29.7 Å². The predicted octanol–water partition coefficient (Wildman–Crippen LogP) is 2.36. The second kappa shape index (κ2) is 6.55. The fourth-order valence-corrected chi connectivity index (χ4v) is 4.80. The van der Waals surface area contributed by atoms with Gasteiger partial charge in [0.05, 0.1) is 36.1 Å². The highest BCUT2D eigenvalue weighted by atomic mass is 16.6. The highest BCUT2D eigenvalue weighted by molar-refractivity contribution is 5.94. The number of phenols is 1. The van der Waals surface area contributed by atoms with Gasteiger partial charge in [0.15, 0.2) is 5.60 Å². The number of pyridine rings is 2. The lowest BCUT2D eigenvalue weighted by Crippen LogP contribution is -2.44.